The third-order valence-corrected chi connectivity index (χ3v) is 9.21. The van der Waals surface area contributed by atoms with Gasteiger partial charge in [0.15, 0.2) is 0 Å². The highest BCUT2D eigenvalue weighted by Gasteiger charge is 2.31. The summed E-state index contributed by atoms with van der Waals surface area (Å²) in [6.07, 6.45) is 12.2. The summed E-state index contributed by atoms with van der Waals surface area (Å²) in [5.74, 6) is 0.899. The van der Waals surface area contributed by atoms with Crippen LogP contribution < -0.4 is 15.5 Å². The molecule has 200 valence electrons. The molecule has 4 aliphatic rings. The molecule has 1 aliphatic carbocycles. The molecule has 2 aromatic rings. The Kier molecular flexibility index (Phi) is 8.37. The molecule has 1 aromatic carbocycles. The van der Waals surface area contributed by atoms with Crippen LogP contribution in [0.3, 0.4) is 0 Å². The number of fused-ring (bicyclic) bond motifs is 2. The lowest BCUT2D eigenvalue weighted by Crippen LogP contribution is -2.47. The molecule has 0 bridgehead atoms. The highest BCUT2D eigenvalue weighted by atomic mass is 16.5. The van der Waals surface area contributed by atoms with Crippen molar-refractivity contribution in [2.24, 2.45) is 5.92 Å². The van der Waals surface area contributed by atoms with Gasteiger partial charge >= 0.3 is 0 Å². The Morgan fingerprint density at radius 2 is 1.89 bits per heavy atom. The Bertz CT molecular complexity index is 1020. The predicted octanol–water partition coefficient (Wildman–Crippen LogP) is 4.09. The smallest absolute Gasteiger partial charge is 0.0642 e. The lowest BCUT2D eigenvalue weighted by molar-refractivity contribution is 0.122. The molecule has 4 heterocycles. The number of nitrogens with one attached hydrogen (secondary N) is 2. The quantitative estimate of drug-likeness (QED) is 0.566. The summed E-state index contributed by atoms with van der Waals surface area (Å²) in [6.45, 7) is 9.33. The molecule has 0 spiro atoms. The topological polar surface area (TPSA) is 52.7 Å². The minimum absolute atomic E-state index is 0.454. The minimum Gasteiger partial charge on any atom is -0.378 e. The summed E-state index contributed by atoms with van der Waals surface area (Å²) in [4.78, 5) is 10.3. The number of morpholine rings is 1. The number of hydrogen-bond acceptors (Lipinski definition) is 6. The van der Waals surface area contributed by atoms with Crippen LogP contribution in [0.2, 0.25) is 0 Å². The van der Waals surface area contributed by atoms with Gasteiger partial charge in [0.25, 0.3) is 0 Å². The van der Waals surface area contributed by atoms with Crippen LogP contribution >= 0.6 is 0 Å². The first kappa shape index (κ1) is 25.3. The van der Waals surface area contributed by atoms with Crippen LogP contribution in [0.25, 0.3) is 0 Å². The SMILES string of the molecule is c1cnc2c(c1)CCC[C@@H]2N(CCCC1CCNCC1)C[C@H]1Cc2c(cccc2N2CCOCC2)CN1. The van der Waals surface area contributed by atoms with Gasteiger partial charge in [0, 0.05) is 44.1 Å². The fraction of sp³-hybridized carbons (Fsp3) is 0.645. The van der Waals surface area contributed by atoms with E-state index in [1.165, 1.54) is 87.1 Å². The molecular weight excluding hydrogens is 458 g/mol. The van der Waals surface area contributed by atoms with E-state index in [1.807, 2.05) is 6.20 Å². The maximum atomic E-state index is 5.65. The Hall–Kier alpha value is -1.99. The van der Waals surface area contributed by atoms with Crippen molar-refractivity contribution in [3.05, 3.63) is 58.9 Å². The number of hydrogen-bond donors (Lipinski definition) is 2. The van der Waals surface area contributed by atoms with Crippen LogP contribution in [-0.2, 0) is 24.1 Å². The maximum Gasteiger partial charge on any atom is 0.0642 e. The highest BCUT2D eigenvalue weighted by Crippen LogP contribution is 2.35. The number of anilines is 1. The number of benzene rings is 1. The molecule has 2 atom stereocenters. The third-order valence-electron chi connectivity index (χ3n) is 9.21. The Morgan fingerprint density at radius 1 is 1.03 bits per heavy atom. The van der Waals surface area contributed by atoms with E-state index in [9.17, 15) is 0 Å². The molecular formula is C31H45N5O. The van der Waals surface area contributed by atoms with Crippen molar-refractivity contribution in [3.63, 3.8) is 0 Å². The van der Waals surface area contributed by atoms with Gasteiger partial charge in [0.05, 0.1) is 24.9 Å². The summed E-state index contributed by atoms with van der Waals surface area (Å²) in [5, 5.41) is 7.45. The van der Waals surface area contributed by atoms with E-state index >= 15 is 0 Å². The molecule has 0 amide bonds. The number of pyridine rings is 1. The summed E-state index contributed by atoms with van der Waals surface area (Å²) in [6, 6.07) is 12.3. The summed E-state index contributed by atoms with van der Waals surface area (Å²) in [7, 11) is 0. The molecule has 6 nitrogen and oxygen atoms in total. The second-order valence-corrected chi connectivity index (χ2v) is 11.6. The third kappa shape index (κ3) is 6.03. The van der Waals surface area contributed by atoms with Crippen LogP contribution in [0, 0.1) is 5.92 Å². The Balaban J connectivity index is 1.18. The van der Waals surface area contributed by atoms with Crippen molar-refractivity contribution < 1.29 is 4.74 Å². The largest absolute Gasteiger partial charge is 0.378 e. The van der Waals surface area contributed by atoms with Crippen molar-refractivity contribution in [2.45, 2.75) is 70.0 Å². The van der Waals surface area contributed by atoms with Crippen molar-refractivity contribution in [1.29, 1.82) is 0 Å². The summed E-state index contributed by atoms with van der Waals surface area (Å²) >= 11 is 0. The molecule has 6 rings (SSSR count). The number of aromatic nitrogens is 1. The predicted molar refractivity (Wildman–Crippen MR) is 150 cm³/mol. The average Bonchev–Trinajstić information content (AvgIpc) is 2.97. The Labute approximate surface area is 223 Å². The van der Waals surface area contributed by atoms with Crippen molar-refractivity contribution in [2.75, 3.05) is 57.4 Å². The summed E-state index contributed by atoms with van der Waals surface area (Å²) < 4.78 is 5.65. The van der Waals surface area contributed by atoms with Gasteiger partial charge in [0.2, 0.25) is 0 Å². The van der Waals surface area contributed by atoms with Crippen LogP contribution in [-0.4, -0.2) is 68.4 Å². The fourth-order valence-corrected chi connectivity index (χ4v) is 7.18. The van der Waals surface area contributed by atoms with E-state index in [4.69, 9.17) is 9.72 Å². The Morgan fingerprint density at radius 3 is 2.78 bits per heavy atom. The maximum absolute atomic E-state index is 5.65. The zero-order valence-corrected chi connectivity index (χ0v) is 22.5. The molecule has 37 heavy (non-hydrogen) atoms. The number of nitrogens with zero attached hydrogens (tertiary/aromatic N) is 3. The first-order valence-electron chi connectivity index (χ1n) is 14.9. The van der Waals surface area contributed by atoms with Crippen LogP contribution in [0.1, 0.15) is 67.0 Å². The minimum atomic E-state index is 0.454. The van der Waals surface area contributed by atoms with Crippen LogP contribution in [0.5, 0.6) is 0 Å². The van der Waals surface area contributed by atoms with Gasteiger partial charge in [-0.05, 0) is 106 Å². The lowest BCUT2D eigenvalue weighted by atomic mass is 9.88. The van der Waals surface area contributed by atoms with Gasteiger partial charge in [-0.15, -0.1) is 0 Å². The van der Waals surface area contributed by atoms with E-state index in [-0.39, 0.29) is 0 Å². The van der Waals surface area contributed by atoms with Gasteiger partial charge in [0.1, 0.15) is 0 Å². The van der Waals surface area contributed by atoms with Gasteiger partial charge in [-0.1, -0.05) is 18.2 Å². The lowest BCUT2D eigenvalue weighted by Gasteiger charge is -2.40. The average molecular weight is 504 g/mol. The molecule has 0 radical (unpaired) electrons. The first-order valence-corrected chi connectivity index (χ1v) is 14.9. The van der Waals surface area contributed by atoms with Gasteiger partial charge in [-0.25, -0.2) is 0 Å². The number of rotatable bonds is 8. The fourth-order valence-electron chi connectivity index (χ4n) is 7.18. The molecule has 0 saturated carbocycles. The van der Waals surface area contributed by atoms with Gasteiger partial charge in [-0.3, -0.25) is 9.88 Å². The molecule has 2 saturated heterocycles. The molecule has 1 aromatic heterocycles. The van der Waals surface area contributed by atoms with E-state index in [1.54, 1.807) is 5.56 Å². The number of piperidine rings is 1. The second kappa shape index (κ2) is 12.2. The van der Waals surface area contributed by atoms with Crippen molar-refractivity contribution >= 4 is 5.69 Å². The molecule has 3 aliphatic heterocycles. The second-order valence-electron chi connectivity index (χ2n) is 11.6. The van der Waals surface area contributed by atoms with Gasteiger partial charge in [-0.2, -0.15) is 0 Å². The van der Waals surface area contributed by atoms with E-state index < -0.39 is 0 Å². The van der Waals surface area contributed by atoms with Crippen molar-refractivity contribution in [1.82, 2.24) is 20.5 Å². The standard InChI is InChI=1S/C31H45N5O/c1-6-25-8-3-13-33-31(25)30(10-1)36(16-4-5-24-11-14-32-15-12-24)23-27-21-28-26(22-34-27)7-2-9-29(28)35-17-19-37-20-18-35/h2-3,7-9,13,24,27,30,32,34H,1,4-6,10-12,14-23H2/t27-,30+/m1/s1. The van der Waals surface area contributed by atoms with E-state index in [2.05, 4.69) is 50.8 Å². The monoisotopic (exact) mass is 503 g/mol. The zero-order valence-electron chi connectivity index (χ0n) is 22.5. The van der Waals surface area contributed by atoms with Gasteiger partial charge < -0.3 is 20.3 Å². The van der Waals surface area contributed by atoms with Crippen LogP contribution in [0.15, 0.2) is 36.5 Å². The molecule has 0 unspecified atom stereocenters. The zero-order chi connectivity index (χ0) is 24.9. The van der Waals surface area contributed by atoms with E-state index in [0.717, 1.165) is 51.7 Å². The number of aryl methyl sites for hydroxylation is 1. The van der Waals surface area contributed by atoms with Crippen LogP contribution in [0.4, 0.5) is 5.69 Å². The molecule has 2 fully saturated rings. The number of ether oxygens (including phenoxy) is 1. The first-order chi connectivity index (χ1) is 18.3. The van der Waals surface area contributed by atoms with Crippen molar-refractivity contribution in [3.8, 4) is 0 Å². The normalized spacial score (nSPS) is 24.6. The molecule has 2 N–H and O–H groups in total. The summed E-state index contributed by atoms with van der Waals surface area (Å²) in [5.41, 5.74) is 7.29. The van der Waals surface area contributed by atoms with E-state index in [0.29, 0.717) is 12.1 Å². The highest BCUT2D eigenvalue weighted by molar-refractivity contribution is 5.58. The molecule has 6 heteroatoms.